The molecule has 0 aliphatic carbocycles. The molecule has 0 aliphatic rings. The maximum atomic E-state index is 14.3. The number of aromatic nitrogens is 2. The Bertz CT molecular complexity index is 902. The van der Waals surface area contributed by atoms with Crippen molar-refractivity contribution in [2.75, 3.05) is 26.1 Å². The first kappa shape index (κ1) is 16.8. The average Bonchev–Trinajstić information content (AvgIpc) is 2.63. The molecule has 0 saturated heterocycles. The fourth-order valence-corrected chi connectivity index (χ4v) is 2.40. The molecule has 1 aromatic carbocycles. The molecule has 1 N–H and O–H groups in total. The lowest BCUT2D eigenvalue weighted by Gasteiger charge is -2.12. The molecule has 0 saturated carbocycles. The summed E-state index contributed by atoms with van der Waals surface area (Å²) in [6.07, 6.45) is 1.57. The fraction of sp³-hybridized carbons (Fsp3) is 0.222. The van der Waals surface area contributed by atoms with Crippen LogP contribution in [0.2, 0.25) is 0 Å². The molecular formula is C18H18FN3O3. The predicted octanol–water partition coefficient (Wildman–Crippen LogP) is 4.01. The molecule has 0 bridgehead atoms. The summed E-state index contributed by atoms with van der Waals surface area (Å²) in [5.74, 6) is 0.771. The Hall–Kier alpha value is -3.09. The minimum absolute atomic E-state index is 0.103. The van der Waals surface area contributed by atoms with Gasteiger partial charge in [-0.1, -0.05) is 0 Å². The van der Waals surface area contributed by atoms with Crippen LogP contribution in [0.4, 0.5) is 10.1 Å². The SMILES string of the molecule is CCNc1ccc(Oc2ccnc3cc(OC)c(OC)nc23)c(F)c1. The van der Waals surface area contributed by atoms with Crippen molar-refractivity contribution >= 4 is 16.7 Å². The van der Waals surface area contributed by atoms with E-state index in [-0.39, 0.29) is 5.75 Å². The third kappa shape index (κ3) is 3.40. The number of hydrogen-bond acceptors (Lipinski definition) is 6. The van der Waals surface area contributed by atoms with E-state index in [4.69, 9.17) is 14.2 Å². The van der Waals surface area contributed by atoms with Crippen molar-refractivity contribution in [1.82, 2.24) is 9.97 Å². The van der Waals surface area contributed by atoms with E-state index in [0.29, 0.717) is 40.6 Å². The topological polar surface area (TPSA) is 65.5 Å². The van der Waals surface area contributed by atoms with Gasteiger partial charge in [-0.15, -0.1) is 0 Å². The molecule has 0 unspecified atom stereocenters. The molecule has 0 fully saturated rings. The van der Waals surface area contributed by atoms with Crippen LogP contribution in [0.3, 0.4) is 0 Å². The number of benzene rings is 1. The second-order valence-corrected chi connectivity index (χ2v) is 5.15. The molecule has 7 heteroatoms. The van der Waals surface area contributed by atoms with Gasteiger partial charge in [0.1, 0.15) is 5.52 Å². The number of nitrogens with one attached hydrogen (secondary N) is 1. The minimum Gasteiger partial charge on any atom is -0.491 e. The maximum absolute atomic E-state index is 14.3. The van der Waals surface area contributed by atoms with Gasteiger partial charge in [-0.05, 0) is 19.1 Å². The Balaban J connectivity index is 2.01. The molecule has 2 aromatic heterocycles. The van der Waals surface area contributed by atoms with E-state index in [1.165, 1.54) is 20.3 Å². The van der Waals surface area contributed by atoms with E-state index in [1.54, 1.807) is 30.5 Å². The van der Waals surface area contributed by atoms with Crippen LogP contribution in [0.1, 0.15) is 6.92 Å². The van der Waals surface area contributed by atoms with Crippen LogP contribution < -0.4 is 19.5 Å². The molecule has 0 atom stereocenters. The van der Waals surface area contributed by atoms with Gasteiger partial charge in [-0.3, -0.25) is 4.98 Å². The number of fused-ring (bicyclic) bond motifs is 1. The molecule has 6 nitrogen and oxygen atoms in total. The van der Waals surface area contributed by atoms with E-state index in [9.17, 15) is 4.39 Å². The third-order valence-corrected chi connectivity index (χ3v) is 3.55. The molecular weight excluding hydrogens is 325 g/mol. The van der Waals surface area contributed by atoms with Gasteiger partial charge in [0.05, 0.1) is 19.7 Å². The summed E-state index contributed by atoms with van der Waals surface area (Å²) in [5, 5.41) is 3.05. The Morgan fingerprint density at radius 1 is 1.04 bits per heavy atom. The number of anilines is 1. The first-order chi connectivity index (χ1) is 12.2. The Morgan fingerprint density at radius 3 is 2.56 bits per heavy atom. The number of nitrogens with zero attached hydrogens (tertiary/aromatic N) is 2. The van der Waals surface area contributed by atoms with Gasteiger partial charge >= 0.3 is 0 Å². The highest BCUT2D eigenvalue weighted by molar-refractivity contribution is 5.83. The van der Waals surface area contributed by atoms with Crippen molar-refractivity contribution in [3.05, 3.63) is 42.3 Å². The van der Waals surface area contributed by atoms with Gasteiger partial charge in [0.25, 0.3) is 5.88 Å². The Labute approximate surface area is 144 Å². The largest absolute Gasteiger partial charge is 0.491 e. The summed E-state index contributed by atoms with van der Waals surface area (Å²) in [5.41, 5.74) is 1.70. The summed E-state index contributed by atoms with van der Waals surface area (Å²) < 4.78 is 30.4. The Morgan fingerprint density at radius 2 is 1.88 bits per heavy atom. The van der Waals surface area contributed by atoms with Crippen molar-refractivity contribution in [3.8, 4) is 23.1 Å². The van der Waals surface area contributed by atoms with Crippen molar-refractivity contribution in [3.63, 3.8) is 0 Å². The average molecular weight is 343 g/mol. The van der Waals surface area contributed by atoms with Gasteiger partial charge in [0.15, 0.2) is 23.1 Å². The number of halogens is 1. The van der Waals surface area contributed by atoms with Crippen molar-refractivity contribution in [2.24, 2.45) is 0 Å². The lowest BCUT2D eigenvalue weighted by atomic mass is 10.2. The lowest BCUT2D eigenvalue weighted by Crippen LogP contribution is -1.99. The smallest absolute Gasteiger partial charge is 0.257 e. The van der Waals surface area contributed by atoms with Crippen LogP contribution in [-0.2, 0) is 0 Å². The Kier molecular flexibility index (Phi) is 4.83. The molecule has 130 valence electrons. The molecule has 3 aromatic rings. The molecule has 25 heavy (non-hydrogen) atoms. The molecule has 0 amide bonds. The molecule has 2 heterocycles. The molecule has 3 rings (SSSR count). The fourth-order valence-electron chi connectivity index (χ4n) is 2.40. The summed E-state index contributed by atoms with van der Waals surface area (Å²) in [6.45, 7) is 2.65. The summed E-state index contributed by atoms with van der Waals surface area (Å²) in [7, 11) is 3.01. The summed E-state index contributed by atoms with van der Waals surface area (Å²) in [6, 6.07) is 8.03. The van der Waals surface area contributed by atoms with Crippen molar-refractivity contribution in [2.45, 2.75) is 6.92 Å². The summed E-state index contributed by atoms with van der Waals surface area (Å²) >= 11 is 0. The van der Waals surface area contributed by atoms with Crippen LogP contribution in [0.15, 0.2) is 36.5 Å². The summed E-state index contributed by atoms with van der Waals surface area (Å²) in [4.78, 5) is 8.61. The maximum Gasteiger partial charge on any atom is 0.257 e. The predicted molar refractivity (Wildman–Crippen MR) is 93.3 cm³/mol. The second kappa shape index (κ2) is 7.21. The number of hydrogen-bond donors (Lipinski definition) is 1. The first-order valence-corrected chi connectivity index (χ1v) is 7.75. The van der Waals surface area contributed by atoms with Crippen LogP contribution in [0.5, 0.6) is 23.1 Å². The highest BCUT2D eigenvalue weighted by Crippen LogP contribution is 2.34. The van der Waals surface area contributed by atoms with Crippen molar-refractivity contribution in [1.29, 1.82) is 0 Å². The zero-order valence-electron chi connectivity index (χ0n) is 14.2. The van der Waals surface area contributed by atoms with Crippen LogP contribution in [0.25, 0.3) is 11.0 Å². The van der Waals surface area contributed by atoms with E-state index in [2.05, 4.69) is 15.3 Å². The minimum atomic E-state index is -0.469. The van der Waals surface area contributed by atoms with Gasteiger partial charge < -0.3 is 19.5 Å². The van der Waals surface area contributed by atoms with Crippen LogP contribution in [0, 0.1) is 5.82 Å². The first-order valence-electron chi connectivity index (χ1n) is 7.75. The zero-order valence-corrected chi connectivity index (χ0v) is 14.2. The van der Waals surface area contributed by atoms with E-state index >= 15 is 0 Å². The molecule has 0 radical (unpaired) electrons. The highest BCUT2D eigenvalue weighted by Gasteiger charge is 2.14. The second-order valence-electron chi connectivity index (χ2n) is 5.15. The third-order valence-electron chi connectivity index (χ3n) is 3.55. The van der Waals surface area contributed by atoms with E-state index < -0.39 is 5.82 Å². The normalized spacial score (nSPS) is 10.6. The number of pyridine rings is 2. The highest BCUT2D eigenvalue weighted by atomic mass is 19.1. The monoisotopic (exact) mass is 343 g/mol. The van der Waals surface area contributed by atoms with Crippen molar-refractivity contribution < 1.29 is 18.6 Å². The van der Waals surface area contributed by atoms with Gasteiger partial charge in [0.2, 0.25) is 0 Å². The van der Waals surface area contributed by atoms with Crippen LogP contribution >= 0.6 is 0 Å². The molecule has 0 aliphatic heterocycles. The molecule has 0 spiro atoms. The van der Waals surface area contributed by atoms with Gasteiger partial charge in [0, 0.05) is 36.6 Å². The zero-order chi connectivity index (χ0) is 17.8. The van der Waals surface area contributed by atoms with Crippen LogP contribution in [-0.4, -0.2) is 30.7 Å². The standard InChI is InChI=1S/C18H18FN3O3/c1-4-20-11-5-6-14(12(19)9-11)25-15-7-8-21-13-10-16(23-2)18(24-3)22-17(13)15/h5-10,20H,4H2,1-3H3. The van der Waals surface area contributed by atoms with Gasteiger partial charge in [-0.2, -0.15) is 0 Å². The lowest BCUT2D eigenvalue weighted by molar-refractivity contribution is 0.344. The number of rotatable bonds is 6. The number of methoxy groups -OCH3 is 2. The van der Waals surface area contributed by atoms with E-state index in [0.717, 1.165) is 0 Å². The number of ether oxygens (including phenoxy) is 3. The quantitative estimate of drug-likeness (QED) is 0.729. The van der Waals surface area contributed by atoms with Gasteiger partial charge in [-0.25, -0.2) is 9.37 Å². The van der Waals surface area contributed by atoms with E-state index in [1.807, 2.05) is 6.92 Å².